The number of carbonyl (C=O) groups excluding carboxylic acids is 7. The first-order valence-electron chi connectivity index (χ1n) is 27.4. The lowest BCUT2D eigenvalue weighted by atomic mass is 9.91. The molecule has 7 amide bonds. The highest BCUT2D eigenvalue weighted by Gasteiger charge is 2.36. The lowest BCUT2D eigenvalue weighted by Gasteiger charge is -2.31. The number of amides is 7. The van der Waals surface area contributed by atoms with Crippen LogP contribution < -0.4 is 71.2 Å². The first-order chi connectivity index (χ1) is 40.2. The molecule has 5 rings (SSSR count). The van der Waals surface area contributed by atoms with Crippen LogP contribution in [0.25, 0.3) is 10.7 Å². The quantitative estimate of drug-likeness (QED) is 0.0197. The SMILES string of the molecule is Cc1c(N)nc([C@H](CC(N)=O)NC[C@H](N)C(N)=O)nc1C(=O)N[C@@H](Cc1cnc[nH]1)C(=O)N[C@H](Cc1ccccc1)[C@@H](O)[C@H](C)C(=O)N[C@H](C(=O)NCCc1nc(-c2nc(C(=O)NCCCNCCCCNCCCN)cs2)c(Cl)s1)[C@@H](C)O. The zero-order chi connectivity index (χ0) is 61.3. The van der Waals surface area contributed by atoms with Crippen molar-refractivity contribution < 1.29 is 43.8 Å². The first kappa shape index (κ1) is 67.7. The Balaban J connectivity index is 1.20. The normalized spacial score (nSPS) is 14.2. The Kier molecular flexibility index (Phi) is 27.9. The fraction of sp³-hybridized carbons (Fsp3) is 0.509. The minimum Gasteiger partial charge on any atom is -0.391 e. The largest absolute Gasteiger partial charge is 0.391 e. The predicted molar refractivity (Wildman–Crippen MR) is 318 cm³/mol. The molecule has 0 bridgehead atoms. The monoisotopic (exact) mass is 1220 g/mol. The summed E-state index contributed by atoms with van der Waals surface area (Å²) in [4.78, 5) is 117. The van der Waals surface area contributed by atoms with Crippen LogP contribution in [0.5, 0.6) is 0 Å². The van der Waals surface area contributed by atoms with Crippen molar-refractivity contribution in [1.82, 2.24) is 72.4 Å². The number of hydrogen-bond donors (Lipinski definition) is 16. The van der Waals surface area contributed by atoms with E-state index in [0.717, 1.165) is 51.9 Å². The second-order valence-corrected chi connectivity index (χ2v) is 22.5. The van der Waals surface area contributed by atoms with E-state index < -0.39 is 90.2 Å². The molecule has 8 atom stereocenters. The number of nitrogens with one attached hydrogen (secondary N) is 9. The molecule has 31 heteroatoms. The molecule has 21 N–H and O–H groups in total. The summed E-state index contributed by atoms with van der Waals surface area (Å²) in [5, 5.41) is 48.6. The molecule has 0 saturated heterocycles. The Bertz CT molecular complexity index is 2930. The van der Waals surface area contributed by atoms with Crippen molar-refractivity contribution in [3.8, 4) is 10.7 Å². The lowest BCUT2D eigenvalue weighted by Crippen LogP contribution is -2.58. The summed E-state index contributed by atoms with van der Waals surface area (Å²) >= 11 is 8.98. The van der Waals surface area contributed by atoms with Gasteiger partial charge in [0.1, 0.15) is 50.2 Å². The summed E-state index contributed by atoms with van der Waals surface area (Å²) < 4.78 is 0.335. The third-order valence-electron chi connectivity index (χ3n) is 13.2. The van der Waals surface area contributed by atoms with Gasteiger partial charge in [0.25, 0.3) is 11.8 Å². The van der Waals surface area contributed by atoms with Gasteiger partial charge in [0, 0.05) is 61.7 Å². The van der Waals surface area contributed by atoms with E-state index in [1.54, 1.807) is 35.7 Å². The maximum atomic E-state index is 14.5. The van der Waals surface area contributed by atoms with Crippen LogP contribution in [0.2, 0.25) is 4.34 Å². The molecule has 0 aliphatic carbocycles. The number of halogens is 1. The van der Waals surface area contributed by atoms with E-state index in [1.807, 2.05) is 0 Å². The topological polar surface area (TPSA) is 467 Å². The molecular weight excluding hydrogens is 1150 g/mol. The van der Waals surface area contributed by atoms with Gasteiger partial charge in [0.15, 0.2) is 0 Å². The van der Waals surface area contributed by atoms with Crippen LogP contribution in [-0.2, 0) is 43.2 Å². The summed E-state index contributed by atoms with van der Waals surface area (Å²) in [7, 11) is 0. The number of unbranched alkanes of at least 4 members (excludes halogenated alkanes) is 1. The zero-order valence-corrected chi connectivity index (χ0v) is 49.5. The number of primary amides is 2. The first-order valence-corrected chi connectivity index (χ1v) is 29.5. The molecule has 4 aromatic heterocycles. The van der Waals surface area contributed by atoms with Gasteiger partial charge in [-0.05, 0) is 84.2 Å². The highest BCUT2D eigenvalue weighted by Crippen LogP contribution is 2.34. The van der Waals surface area contributed by atoms with Crippen LogP contribution in [-0.4, -0.2) is 170 Å². The van der Waals surface area contributed by atoms with Gasteiger partial charge in [-0.2, -0.15) is 0 Å². The fourth-order valence-electron chi connectivity index (χ4n) is 8.36. The van der Waals surface area contributed by atoms with E-state index in [4.69, 9.17) is 40.3 Å². The molecule has 28 nitrogen and oxygen atoms in total. The van der Waals surface area contributed by atoms with Crippen molar-refractivity contribution in [1.29, 1.82) is 0 Å². The maximum Gasteiger partial charge on any atom is 0.271 e. The number of hydrogen-bond acceptors (Lipinski definition) is 22. The molecule has 0 spiro atoms. The number of benzene rings is 1. The van der Waals surface area contributed by atoms with Crippen molar-refractivity contribution >= 4 is 81.4 Å². The van der Waals surface area contributed by atoms with Crippen molar-refractivity contribution in [2.75, 3.05) is 58.1 Å². The molecule has 1 aromatic carbocycles. The highest BCUT2D eigenvalue weighted by atomic mass is 35.5. The number of aromatic nitrogens is 6. The molecule has 0 radical (unpaired) electrons. The van der Waals surface area contributed by atoms with Crippen LogP contribution >= 0.6 is 34.3 Å². The smallest absolute Gasteiger partial charge is 0.271 e. The molecule has 0 fully saturated rings. The third kappa shape index (κ3) is 21.5. The second kappa shape index (κ2) is 34.6. The van der Waals surface area contributed by atoms with Gasteiger partial charge in [-0.1, -0.05) is 48.9 Å². The van der Waals surface area contributed by atoms with E-state index in [9.17, 15) is 43.8 Å². The van der Waals surface area contributed by atoms with Crippen molar-refractivity contribution in [2.24, 2.45) is 28.9 Å². The summed E-state index contributed by atoms with van der Waals surface area (Å²) in [6.07, 6.45) is 3.27. The Hall–Kier alpha value is -7.13. The van der Waals surface area contributed by atoms with E-state index in [0.29, 0.717) is 44.4 Å². The number of anilines is 1. The van der Waals surface area contributed by atoms with Gasteiger partial charge in [-0.25, -0.2) is 24.9 Å². The fourth-order valence-corrected chi connectivity index (χ4v) is 10.5. The number of aliphatic hydroxyl groups excluding tert-OH is 2. The average Bonchev–Trinajstić information content (AvgIpc) is 4.01. The number of rotatable bonds is 38. The van der Waals surface area contributed by atoms with Crippen LogP contribution in [0, 0.1) is 12.8 Å². The highest BCUT2D eigenvalue weighted by molar-refractivity contribution is 7.17. The van der Waals surface area contributed by atoms with Gasteiger partial charge in [0.2, 0.25) is 29.5 Å². The van der Waals surface area contributed by atoms with E-state index >= 15 is 0 Å². The Morgan fingerprint density at radius 2 is 1.50 bits per heavy atom. The summed E-state index contributed by atoms with van der Waals surface area (Å²) in [6, 6.07) is 2.48. The van der Waals surface area contributed by atoms with Gasteiger partial charge < -0.3 is 86.4 Å². The maximum absolute atomic E-state index is 14.5. The minimum atomic E-state index is -1.63. The number of H-pyrrole nitrogens is 1. The zero-order valence-electron chi connectivity index (χ0n) is 47.1. The molecule has 4 heterocycles. The molecule has 0 aliphatic rings. The van der Waals surface area contributed by atoms with Crippen molar-refractivity contribution in [2.45, 2.75) is 115 Å². The van der Waals surface area contributed by atoms with Crippen molar-refractivity contribution in [3.05, 3.63) is 91.6 Å². The Labute approximate surface area is 499 Å². The molecule has 458 valence electrons. The number of thiazole rings is 2. The number of aromatic amines is 1. The Morgan fingerprint density at radius 1 is 0.798 bits per heavy atom. The number of imidazole rings is 1. The summed E-state index contributed by atoms with van der Waals surface area (Å²) in [5.74, 6) is -6.80. The average molecular weight is 1220 g/mol. The van der Waals surface area contributed by atoms with Crippen LogP contribution in [0.15, 0.2) is 48.2 Å². The second-order valence-electron chi connectivity index (χ2n) is 20.0. The van der Waals surface area contributed by atoms with Crippen molar-refractivity contribution in [3.63, 3.8) is 0 Å². The number of carbonyl (C=O) groups is 7. The standard InChI is InChI=1S/C53H78ClN19O9S2/c1-28-40(71-47(73-45(28)58)35(23-38(57)75)65-25-33(56)46(59)77)52(82)68-36(22-32-24-62-27-66-32)50(80)67-34(21-31-11-5-4-6-12-31)43(76)29(2)48(78)72-41(30(3)74)51(81)64-20-13-39-70-42(44(54)84-39)53-69-37(26-83-53)49(79)63-19-10-18-61-16-8-7-15-60-17-9-14-55/h4-6,11-12,24,26-27,29-30,33-36,41,43,60-61,65,74,76H,7-10,13-23,25,55-56H2,1-3H3,(H2,57,75)(H2,59,77)(H,62,66)(H,63,79)(H,64,81)(H,67,80)(H,68,82)(H,72,78)(H2,58,71,73)/t29-,30+,33-,34+,35-,36-,41-,43-/m0/s1. The summed E-state index contributed by atoms with van der Waals surface area (Å²) in [6.45, 7) is 8.69. The number of aliphatic hydroxyl groups is 2. The lowest BCUT2D eigenvalue weighted by molar-refractivity contribution is -0.136. The van der Waals surface area contributed by atoms with E-state index in [2.05, 4.69) is 72.4 Å². The third-order valence-corrected chi connectivity index (χ3v) is 15.4. The van der Waals surface area contributed by atoms with Gasteiger partial charge in [-0.15, -0.1) is 22.7 Å². The van der Waals surface area contributed by atoms with Crippen LogP contribution in [0.3, 0.4) is 0 Å². The summed E-state index contributed by atoms with van der Waals surface area (Å²) in [5.41, 5.74) is 29.9. The van der Waals surface area contributed by atoms with Gasteiger partial charge in [-0.3, -0.25) is 33.6 Å². The number of nitrogens with two attached hydrogens (primary N) is 5. The molecule has 0 saturated carbocycles. The van der Waals surface area contributed by atoms with Crippen LogP contribution in [0.4, 0.5) is 5.82 Å². The molecule has 0 unspecified atom stereocenters. The number of nitrogens with zero attached hydrogens (tertiary/aromatic N) is 5. The minimum absolute atomic E-state index is 0.00907. The van der Waals surface area contributed by atoms with E-state index in [1.165, 1.54) is 56.0 Å². The van der Waals surface area contributed by atoms with Gasteiger partial charge >= 0.3 is 0 Å². The molecule has 0 aliphatic heterocycles. The number of nitrogen functional groups attached to an aromatic ring is 1. The Morgan fingerprint density at radius 3 is 2.15 bits per heavy atom. The van der Waals surface area contributed by atoms with Crippen LogP contribution in [0.1, 0.15) is 101 Å². The molecule has 84 heavy (non-hydrogen) atoms. The molecule has 5 aromatic rings. The molecular formula is C53H78ClN19O9S2. The predicted octanol–water partition coefficient (Wildman–Crippen LogP) is -1.64. The van der Waals surface area contributed by atoms with E-state index in [-0.39, 0.29) is 66.9 Å². The van der Waals surface area contributed by atoms with Gasteiger partial charge in [0.05, 0.1) is 47.6 Å².